The molecular formula is C29H38N8O2. The molecule has 5 heterocycles. The Bertz CT molecular complexity index is 1370. The maximum absolute atomic E-state index is 11.8. The van der Waals surface area contributed by atoms with Gasteiger partial charge in [-0.05, 0) is 58.2 Å². The smallest absolute Gasteiger partial charge is 0.219 e. The summed E-state index contributed by atoms with van der Waals surface area (Å²) in [5, 5.41) is 18.0. The molecule has 0 bridgehead atoms. The Morgan fingerprint density at radius 3 is 2.54 bits per heavy atom. The summed E-state index contributed by atoms with van der Waals surface area (Å²) in [6.07, 6.45) is 9.51. The minimum absolute atomic E-state index is 0.157. The molecule has 10 nitrogen and oxygen atoms in total. The van der Waals surface area contributed by atoms with Gasteiger partial charge in [0.1, 0.15) is 17.5 Å². The van der Waals surface area contributed by atoms with Gasteiger partial charge in [-0.15, -0.1) is 0 Å². The molecule has 0 radical (unpaired) electrons. The van der Waals surface area contributed by atoms with Crippen molar-refractivity contribution in [3.63, 3.8) is 0 Å². The Morgan fingerprint density at radius 2 is 1.87 bits per heavy atom. The molecule has 2 N–H and O–H groups in total. The normalized spacial score (nSPS) is 16.7. The molecule has 1 amide bonds. The Kier molecular flexibility index (Phi) is 7.15. The van der Waals surface area contributed by atoms with Crippen LogP contribution in [0.15, 0.2) is 42.4 Å². The molecule has 39 heavy (non-hydrogen) atoms. The standard InChI is InChI=1S/C29H38N8O2/c1-20(2)12-22-6-9-30-24(13-22)32-25-14-26(36-18-29(19-36)7-10-35(11-8-29)21(3)38)34-27(33-25)23-15-31-37(16-23)17-28(4,5)39/h6,9,12-16,39H,7-8,10-11,17-19H2,1-5H3,(H,30,32,33,34). The molecule has 0 unspecified atom stereocenters. The van der Waals surface area contributed by atoms with Crippen molar-refractivity contribution in [2.75, 3.05) is 36.4 Å². The molecule has 10 heteroatoms. The lowest BCUT2D eigenvalue weighted by atomic mass is 9.72. The van der Waals surface area contributed by atoms with E-state index in [4.69, 9.17) is 9.97 Å². The largest absolute Gasteiger partial charge is 0.389 e. The number of aromatic nitrogens is 5. The summed E-state index contributed by atoms with van der Waals surface area (Å²) < 4.78 is 1.71. The third-order valence-electron chi connectivity index (χ3n) is 7.29. The summed E-state index contributed by atoms with van der Waals surface area (Å²) >= 11 is 0. The monoisotopic (exact) mass is 530 g/mol. The van der Waals surface area contributed by atoms with Crippen molar-refractivity contribution in [3.8, 4) is 11.4 Å². The molecule has 3 aromatic rings. The molecule has 2 fully saturated rings. The van der Waals surface area contributed by atoms with E-state index in [-0.39, 0.29) is 11.3 Å². The first-order valence-electron chi connectivity index (χ1n) is 13.5. The van der Waals surface area contributed by atoms with Gasteiger partial charge in [0.25, 0.3) is 0 Å². The number of hydrogen-bond acceptors (Lipinski definition) is 8. The number of carbonyl (C=O) groups is 1. The fourth-order valence-electron chi connectivity index (χ4n) is 5.36. The van der Waals surface area contributed by atoms with Crippen LogP contribution >= 0.6 is 0 Å². The van der Waals surface area contributed by atoms with E-state index >= 15 is 0 Å². The lowest BCUT2D eigenvalue weighted by Gasteiger charge is -2.54. The molecule has 0 atom stereocenters. The summed E-state index contributed by atoms with van der Waals surface area (Å²) in [6.45, 7) is 13.1. The van der Waals surface area contributed by atoms with E-state index in [0.717, 1.165) is 56.0 Å². The molecule has 2 saturated heterocycles. The molecule has 3 aromatic heterocycles. The maximum Gasteiger partial charge on any atom is 0.219 e. The van der Waals surface area contributed by atoms with Crippen molar-refractivity contribution < 1.29 is 9.90 Å². The van der Waals surface area contributed by atoms with Gasteiger partial charge in [0, 0.05) is 57.0 Å². The average molecular weight is 531 g/mol. The SMILES string of the molecule is CC(=O)N1CCC2(CC1)CN(c1cc(Nc3cc(C=C(C)C)ccn3)nc(-c3cnn(CC(C)(C)O)c3)n1)C2. The highest BCUT2D eigenvalue weighted by Gasteiger charge is 2.45. The van der Waals surface area contributed by atoms with Crippen LogP contribution in [0.1, 0.15) is 53.0 Å². The van der Waals surface area contributed by atoms with E-state index in [2.05, 4.69) is 40.2 Å². The molecule has 1 spiro atoms. The van der Waals surface area contributed by atoms with E-state index in [0.29, 0.717) is 24.0 Å². The molecule has 0 aliphatic carbocycles. The number of aliphatic hydroxyl groups is 1. The summed E-state index contributed by atoms with van der Waals surface area (Å²) in [7, 11) is 0. The van der Waals surface area contributed by atoms with E-state index in [1.54, 1.807) is 37.8 Å². The molecule has 0 saturated carbocycles. The zero-order valence-corrected chi connectivity index (χ0v) is 23.5. The Morgan fingerprint density at radius 1 is 1.13 bits per heavy atom. The van der Waals surface area contributed by atoms with Gasteiger partial charge < -0.3 is 20.2 Å². The zero-order valence-electron chi connectivity index (χ0n) is 23.5. The van der Waals surface area contributed by atoms with Crippen molar-refractivity contribution in [3.05, 3.63) is 47.9 Å². The highest BCUT2D eigenvalue weighted by molar-refractivity contribution is 5.73. The van der Waals surface area contributed by atoms with Gasteiger partial charge in [0.15, 0.2) is 5.82 Å². The Labute approximate surface area is 229 Å². The predicted molar refractivity (Wildman–Crippen MR) is 153 cm³/mol. The molecular weight excluding hydrogens is 492 g/mol. The number of amides is 1. The quantitative estimate of drug-likeness (QED) is 0.469. The Balaban J connectivity index is 1.41. The third kappa shape index (κ3) is 6.44. The summed E-state index contributed by atoms with van der Waals surface area (Å²) in [5.74, 6) is 2.92. The van der Waals surface area contributed by atoms with Crippen molar-refractivity contribution in [2.24, 2.45) is 5.41 Å². The molecule has 2 aliphatic heterocycles. The first-order valence-corrected chi connectivity index (χ1v) is 13.5. The van der Waals surface area contributed by atoms with Gasteiger partial charge in [0.05, 0.1) is 23.9 Å². The number of rotatable bonds is 7. The number of nitrogens with zero attached hydrogens (tertiary/aromatic N) is 7. The van der Waals surface area contributed by atoms with Crippen molar-refractivity contribution in [1.29, 1.82) is 0 Å². The molecule has 2 aliphatic rings. The second-order valence-electron chi connectivity index (χ2n) is 11.9. The fourth-order valence-corrected chi connectivity index (χ4v) is 5.36. The van der Waals surface area contributed by atoms with Crippen molar-refractivity contribution in [2.45, 2.75) is 59.6 Å². The van der Waals surface area contributed by atoms with E-state index < -0.39 is 5.60 Å². The number of pyridine rings is 1. The highest BCUT2D eigenvalue weighted by Crippen LogP contribution is 2.42. The van der Waals surface area contributed by atoms with Crippen LogP contribution in [0.2, 0.25) is 0 Å². The number of nitrogens with one attached hydrogen (secondary N) is 1. The minimum Gasteiger partial charge on any atom is -0.389 e. The number of likely N-dealkylation sites (tertiary alicyclic amines) is 1. The van der Waals surface area contributed by atoms with Gasteiger partial charge in [-0.1, -0.05) is 11.6 Å². The summed E-state index contributed by atoms with van der Waals surface area (Å²) in [4.78, 5) is 30.2. The predicted octanol–water partition coefficient (Wildman–Crippen LogP) is 4.12. The van der Waals surface area contributed by atoms with Gasteiger partial charge in [-0.25, -0.2) is 15.0 Å². The first kappa shape index (κ1) is 26.8. The van der Waals surface area contributed by atoms with Gasteiger partial charge in [-0.2, -0.15) is 5.10 Å². The van der Waals surface area contributed by atoms with Crippen LogP contribution in [0.5, 0.6) is 0 Å². The summed E-state index contributed by atoms with van der Waals surface area (Å²) in [6, 6.07) is 5.94. The van der Waals surface area contributed by atoms with Crippen molar-refractivity contribution >= 4 is 29.4 Å². The number of carbonyl (C=O) groups excluding carboxylic acids is 1. The molecule has 206 valence electrons. The second kappa shape index (κ2) is 10.4. The van der Waals surface area contributed by atoms with Gasteiger partial charge in [-0.3, -0.25) is 9.48 Å². The van der Waals surface area contributed by atoms with Crippen LogP contribution in [0.3, 0.4) is 0 Å². The first-order chi connectivity index (χ1) is 18.5. The topological polar surface area (TPSA) is 112 Å². The lowest BCUT2D eigenvalue weighted by molar-refractivity contribution is -0.131. The van der Waals surface area contributed by atoms with E-state index in [9.17, 15) is 9.90 Å². The number of hydrogen-bond donors (Lipinski definition) is 2. The highest BCUT2D eigenvalue weighted by atomic mass is 16.3. The Hall–Kier alpha value is -3.79. The fraction of sp³-hybridized carbons (Fsp3) is 0.483. The number of allylic oxidation sites excluding steroid dienone is 1. The third-order valence-corrected chi connectivity index (χ3v) is 7.29. The van der Waals surface area contributed by atoms with Gasteiger partial charge >= 0.3 is 0 Å². The summed E-state index contributed by atoms with van der Waals surface area (Å²) in [5.41, 5.74) is 2.40. The van der Waals surface area contributed by atoms with E-state index in [1.165, 1.54) is 5.57 Å². The van der Waals surface area contributed by atoms with Crippen LogP contribution in [-0.2, 0) is 11.3 Å². The van der Waals surface area contributed by atoms with Crippen LogP contribution in [0.25, 0.3) is 17.5 Å². The second-order valence-corrected chi connectivity index (χ2v) is 11.9. The van der Waals surface area contributed by atoms with Crippen LogP contribution in [-0.4, -0.2) is 72.4 Å². The maximum atomic E-state index is 11.8. The average Bonchev–Trinajstić information content (AvgIpc) is 3.29. The molecule has 0 aromatic carbocycles. The molecule has 5 rings (SSSR count). The van der Waals surface area contributed by atoms with Crippen LogP contribution < -0.4 is 10.2 Å². The van der Waals surface area contributed by atoms with E-state index in [1.807, 2.05) is 29.3 Å². The van der Waals surface area contributed by atoms with Crippen molar-refractivity contribution in [1.82, 2.24) is 29.6 Å². The minimum atomic E-state index is -0.884. The van der Waals surface area contributed by atoms with Gasteiger partial charge in [0.2, 0.25) is 5.91 Å². The van der Waals surface area contributed by atoms with Crippen LogP contribution in [0.4, 0.5) is 17.5 Å². The van der Waals surface area contributed by atoms with Crippen LogP contribution in [0, 0.1) is 5.41 Å². The zero-order chi connectivity index (χ0) is 27.8. The number of anilines is 3. The lowest BCUT2D eigenvalue weighted by Crippen LogP contribution is -2.61. The number of piperidine rings is 1.